The molecule has 3 rings (SSSR count). The van der Waals surface area contributed by atoms with Gasteiger partial charge in [-0.1, -0.05) is 50.3 Å². The van der Waals surface area contributed by atoms with Crippen molar-refractivity contribution in [3.8, 4) is 0 Å². The molecule has 1 nitrogen and oxygen atoms in total. The van der Waals surface area contributed by atoms with Crippen LogP contribution in [-0.2, 0) is 12.8 Å². The molecule has 0 radical (unpaired) electrons. The predicted octanol–water partition coefficient (Wildman–Crippen LogP) is 4.96. The Kier molecular flexibility index (Phi) is 4.77. The monoisotopic (exact) mass is 272 g/mol. The van der Waals surface area contributed by atoms with Crippen molar-refractivity contribution in [2.24, 2.45) is 5.92 Å². The van der Waals surface area contributed by atoms with Crippen LogP contribution in [0.15, 0.2) is 18.2 Å². The van der Waals surface area contributed by atoms with Crippen molar-refractivity contribution in [1.29, 1.82) is 0 Å². The summed E-state index contributed by atoms with van der Waals surface area (Å²) in [6.07, 6.45) is 14.0. The molecule has 1 N–H and O–H groups in total. The van der Waals surface area contributed by atoms with E-state index in [-0.39, 0.29) is 6.10 Å². The molecule has 0 saturated heterocycles. The summed E-state index contributed by atoms with van der Waals surface area (Å²) in [7, 11) is 0. The maximum atomic E-state index is 10.8. The molecule has 1 aromatic carbocycles. The molecule has 0 aliphatic heterocycles. The average molecular weight is 272 g/mol. The van der Waals surface area contributed by atoms with Crippen molar-refractivity contribution >= 4 is 0 Å². The van der Waals surface area contributed by atoms with Gasteiger partial charge in [0.2, 0.25) is 0 Å². The van der Waals surface area contributed by atoms with Crippen LogP contribution in [0.5, 0.6) is 0 Å². The number of hydrogen-bond acceptors (Lipinski definition) is 1. The SMILES string of the molecule is OC(c1ccc2c(c1)CCCC2)C1CCCCCCC1. The quantitative estimate of drug-likeness (QED) is 0.806. The standard InChI is InChI=1S/C19H28O/c20-19(16-9-4-2-1-3-5-10-16)18-13-12-15-8-6-7-11-17(15)14-18/h12-14,16,19-20H,1-11H2. The lowest BCUT2D eigenvalue weighted by Gasteiger charge is -2.26. The van der Waals surface area contributed by atoms with Gasteiger partial charge in [0.1, 0.15) is 0 Å². The Morgan fingerprint density at radius 1 is 0.800 bits per heavy atom. The van der Waals surface area contributed by atoms with Gasteiger partial charge in [-0.25, -0.2) is 0 Å². The third-order valence-electron chi connectivity index (χ3n) is 5.31. The Hall–Kier alpha value is -0.820. The van der Waals surface area contributed by atoms with E-state index >= 15 is 0 Å². The zero-order valence-corrected chi connectivity index (χ0v) is 12.6. The van der Waals surface area contributed by atoms with E-state index in [1.807, 2.05) is 0 Å². The van der Waals surface area contributed by atoms with Crippen LogP contribution in [0.2, 0.25) is 0 Å². The molecule has 2 aliphatic rings. The van der Waals surface area contributed by atoms with Crippen molar-refractivity contribution in [1.82, 2.24) is 0 Å². The van der Waals surface area contributed by atoms with Crippen LogP contribution in [0.3, 0.4) is 0 Å². The summed E-state index contributed by atoms with van der Waals surface area (Å²) >= 11 is 0. The highest BCUT2D eigenvalue weighted by molar-refractivity contribution is 5.35. The Morgan fingerprint density at radius 2 is 1.45 bits per heavy atom. The largest absolute Gasteiger partial charge is 0.388 e. The van der Waals surface area contributed by atoms with E-state index in [0.29, 0.717) is 5.92 Å². The molecule has 1 atom stereocenters. The van der Waals surface area contributed by atoms with Gasteiger partial charge in [0.05, 0.1) is 6.10 Å². The van der Waals surface area contributed by atoms with Gasteiger partial charge < -0.3 is 5.11 Å². The van der Waals surface area contributed by atoms with Crippen LogP contribution in [0.4, 0.5) is 0 Å². The number of rotatable bonds is 2. The van der Waals surface area contributed by atoms with Gasteiger partial charge in [0.15, 0.2) is 0 Å². The van der Waals surface area contributed by atoms with Gasteiger partial charge in [-0.3, -0.25) is 0 Å². The number of hydrogen-bond donors (Lipinski definition) is 1. The van der Waals surface area contributed by atoms with Gasteiger partial charge >= 0.3 is 0 Å². The molecule has 20 heavy (non-hydrogen) atoms. The van der Waals surface area contributed by atoms with Gasteiger partial charge in [-0.05, 0) is 61.1 Å². The highest BCUT2D eigenvalue weighted by Crippen LogP contribution is 2.34. The molecule has 1 saturated carbocycles. The van der Waals surface area contributed by atoms with Crippen molar-refractivity contribution in [2.45, 2.75) is 76.7 Å². The first-order chi connectivity index (χ1) is 9.84. The zero-order valence-electron chi connectivity index (χ0n) is 12.6. The van der Waals surface area contributed by atoms with Crippen LogP contribution in [0.1, 0.15) is 80.6 Å². The van der Waals surface area contributed by atoms with E-state index in [1.54, 1.807) is 0 Å². The second-order valence-electron chi connectivity index (χ2n) is 6.79. The van der Waals surface area contributed by atoms with Crippen molar-refractivity contribution in [3.63, 3.8) is 0 Å². The summed E-state index contributed by atoms with van der Waals surface area (Å²) in [4.78, 5) is 0. The van der Waals surface area contributed by atoms with Crippen molar-refractivity contribution in [3.05, 3.63) is 34.9 Å². The summed E-state index contributed by atoms with van der Waals surface area (Å²) in [5.41, 5.74) is 4.19. The van der Waals surface area contributed by atoms with Crippen molar-refractivity contribution < 1.29 is 5.11 Å². The highest BCUT2D eigenvalue weighted by atomic mass is 16.3. The van der Waals surface area contributed by atoms with Gasteiger partial charge in [-0.2, -0.15) is 0 Å². The lowest BCUT2D eigenvalue weighted by molar-refractivity contribution is 0.0912. The predicted molar refractivity (Wildman–Crippen MR) is 83.9 cm³/mol. The lowest BCUT2D eigenvalue weighted by atomic mass is 9.82. The lowest BCUT2D eigenvalue weighted by Crippen LogP contribution is -2.15. The van der Waals surface area contributed by atoms with Gasteiger partial charge in [-0.15, -0.1) is 0 Å². The Bertz CT molecular complexity index is 429. The van der Waals surface area contributed by atoms with Crippen LogP contribution >= 0.6 is 0 Å². The highest BCUT2D eigenvalue weighted by Gasteiger charge is 2.22. The van der Waals surface area contributed by atoms with Crippen LogP contribution < -0.4 is 0 Å². The average Bonchev–Trinajstić information content (AvgIpc) is 2.46. The summed E-state index contributed by atoms with van der Waals surface area (Å²) in [6, 6.07) is 6.77. The third-order valence-corrected chi connectivity index (χ3v) is 5.31. The van der Waals surface area contributed by atoms with Crippen molar-refractivity contribution in [2.75, 3.05) is 0 Å². The maximum absolute atomic E-state index is 10.8. The van der Waals surface area contributed by atoms with Gasteiger partial charge in [0, 0.05) is 0 Å². The fourth-order valence-corrected chi connectivity index (χ4v) is 4.01. The van der Waals surface area contributed by atoms with E-state index in [9.17, 15) is 5.11 Å². The first kappa shape index (κ1) is 14.1. The number of fused-ring (bicyclic) bond motifs is 1. The van der Waals surface area contributed by atoms with E-state index in [1.165, 1.54) is 87.3 Å². The first-order valence-electron chi connectivity index (χ1n) is 8.64. The van der Waals surface area contributed by atoms with E-state index in [0.717, 1.165) is 0 Å². The molecule has 0 amide bonds. The summed E-state index contributed by atoms with van der Waals surface area (Å²) in [5, 5.41) is 10.8. The zero-order chi connectivity index (χ0) is 13.8. The van der Waals surface area contributed by atoms with E-state index in [2.05, 4.69) is 18.2 Å². The number of aliphatic hydroxyl groups excluding tert-OH is 1. The molecule has 1 heteroatoms. The minimum Gasteiger partial charge on any atom is -0.388 e. The molecule has 1 unspecified atom stereocenters. The van der Waals surface area contributed by atoms with Crippen LogP contribution in [0, 0.1) is 5.92 Å². The van der Waals surface area contributed by atoms with E-state index < -0.39 is 0 Å². The van der Waals surface area contributed by atoms with Crippen LogP contribution in [0.25, 0.3) is 0 Å². The molecule has 0 aromatic heterocycles. The molecule has 0 bridgehead atoms. The van der Waals surface area contributed by atoms with Gasteiger partial charge in [0.25, 0.3) is 0 Å². The summed E-state index contributed by atoms with van der Waals surface area (Å²) in [6.45, 7) is 0. The minimum absolute atomic E-state index is 0.236. The molecule has 2 aliphatic carbocycles. The Labute approximate surface area is 123 Å². The second kappa shape index (κ2) is 6.76. The third kappa shape index (κ3) is 3.25. The number of benzene rings is 1. The molecule has 1 fully saturated rings. The molecule has 0 spiro atoms. The molecule has 110 valence electrons. The number of aryl methyl sites for hydroxylation is 2. The first-order valence-corrected chi connectivity index (χ1v) is 8.64. The second-order valence-corrected chi connectivity index (χ2v) is 6.79. The molecule has 1 aromatic rings. The fraction of sp³-hybridized carbons (Fsp3) is 0.684. The fourth-order valence-electron chi connectivity index (χ4n) is 4.01. The van der Waals surface area contributed by atoms with Crippen LogP contribution in [-0.4, -0.2) is 5.11 Å². The Morgan fingerprint density at radius 3 is 2.20 bits per heavy atom. The topological polar surface area (TPSA) is 20.2 Å². The molecular formula is C19H28O. The summed E-state index contributed by atoms with van der Waals surface area (Å²) in [5.74, 6) is 0.483. The Balaban J connectivity index is 1.73. The minimum atomic E-state index is -0.236. The molecular weight excluding hydrogens is 244 g/mol. The van der Waals surface area contributed by atoms with E-state index in [4.69, 9.17) is 0 Å². The summed E-state index contributed by atoms with van der Waals surface area (Å²) < 4.78 is 0. The molecule has 0 heterocycles. The number of aliphatic hydroxyl groups is 1. The smallest absolute Gasteiger partial charge is 0.0818 e. The normalized spacial score (nSPS) is 22.6. The maximum Gasteiger partial charge on any atom is 0.0818 e.